The van der Waals surface area contributed by atoms with Gasteiger partial charge in [-0.05, 0) is 66.3 Å². The highest BCUT2D eigenvalue weighted by Crippen LogP contribution is 2.49. The summed E-state index contributed by atoms with van der Waals surface area (Å²) in [6.07, 6.45) is 0.0172. The van der Waals surface area contributed by atoms with E-state index in [2.05, 4.69) is 15.1 Å². The van der Waals surface area contributed by atoms with Crippen molar-refractivity contribution in [2.45, 2.75) is 31.4 Å². The quantitative estimate of drug-likeness (QED) is 0.602. The van der Waals surface area contributed by atoms with E-state index in [1.165, 1.54) is 4.52 Å². The van der Waals surface area contributed by atoms with Gasteiger partial charge >= 0.3 is 6.18 Å². The fourth-order valence-electron chi connectivity index (χ4n) is 5.16. The highest BCUT2D eigenvalue weighted by atomic mass is 19.4. The van der Waals surface area contributed by atoms with Gasteiger partial charge in [-0.3, -0.25) is 4.79 Å². The molecule has 1 aliphatic heterocycles. The number of aliphatic hydroxyl groups excluding tert-OH is 1. The van der Waals surface area contributed by atoms with Crippen molar-refractivity contribution in [3.63, 3.8) is 0 Å². The second-order valence-electron chi connectivity index (χ2n) is 8.74. The normalized spacial score (nSPS) is 22.8. The van der Waals surface area contributed by atoms with Crippen LogP contribution in [0.15, 0.2) is 30.6 Å². The summed E-state index contributed by atoms with van der Waals surface area (Å²) in [6, 6.07) is 2.64. The zero-order valence-electron chi connectivity index (χ0n) is 17.5. The molecule has 0 unspecified atom stereocenters. The van der Waals surface area contributed by atoms with Crippen molar-refractivity contribution in [3.05, 3.63) is 58.9 Å². The third kappa shape index (κ3) is 4.05. The second kappa shape index (κ2) is 8.05. The van der Waals surface area contributed by atoms with E-state index in [1.807, 2.05) is 0 Å². The van der Waals surface area contributed by atoms with Crippen LogP contribution in [0.1, 0.15) is 46.1 Å². The Labute approximate surface area is 186 Å². The number of carbonyl (C=O) groups excluding carboxylic acids is 1. The monoisotopic (exact) mass is 463 g/mol. The molecule has 2 aromatic heterocycles. The van der Waals surface area contributed by atoms with Gasteiger partial charge in [-0.25, -0.2) is 13.9 Å². The SMILES string of the molecule is O=C(c1nc2ncc(CCO)cn2n1)N1C[C@H]2C[C@@H](c3cc(F)ccc3C(F)(F)F)C[C@H]2C1. The summed E-state index contributed by atoms with van der Waals surface area (Å²) < 4.78 is 55.4. The van der Waals surface area contributed by atoms with Crippen LogP contribution < -0.4 is 0 Å². The van der Waals surface area contributed by atoms with E-state index in [-0.39, 0.29) is 41.5 Å². The number of alkyl halides is 3. The predicted molar refractivity (Wildman–Crippen MR) is 108 cm³/mol. The lowest BCUT2D eigenvalue weighted by Gasteiger charge is -2.21. The summed E-state index contributed by atoms with van der Waals surface area (Å²) in [5.41, 5.74) is -0.0310. The Morgan fingerprint density at radius 1 is 1.18 bits per heavy atom. The molecule has 0 bridgehead atoms. The average Bonchev–Trinajstić information content (AvgIpc) is 3.45. The maximum atomic E-state index is 13.7. The molecular weight excluding hydrogens is 442 g/mol. The number of aromatic nitrogens is 4. The van der Waals surface area contributed by atoms with E-state index in [0.29, 0.717) is 32.4 Å². The van der Waals surface area contributed by atoms with E-state index in [0.717, 1.165) is 23.8 Å². The number of likely N-dealkylation sites (tertiary alicyclic amines) is 1. The van der Waals surface area contributed by atoms with Gasteiger partial charge < -0.3 is 10.0 Å². The Kier molecular flexibility index (Phi) is 5.31. The molecule has 2 fully saturated rings. The zero-order chi connectivity index (χ0) is 23.3. The summed E-state index contributed by atoms with van der Waals surface area (Å²) in [5.74, 6) is -1.08. The number of aliphatic hydroxyl groups is 1. The van der Waals surface area contributed by atoms with E-state index in [4.69, 9.17) is 5.11 Å². The molecule has 1 amide bonds. The molecule has 11 heteroatoms. The summed E-state index contributed by atoms with van der Waals surface area (Å²) in [6.45, 7) is 0.760. The van der Waals surface area contributed by atoms with Crippen LogP contribution in [0, 0.1) is 17.7 Å². The predicted octanol–water partition coefficient (Wildman–Crippen LogP) is 3.08. The first-order valence-electron chi connectivity index (χ1n) is 10.7. The smallest absolute Gasteiger partial charge is 0.396 e. The molecule has 1 N–H and O–H groups in total. The van der Waals surface area contributed by atoms with Crippen molar-refractivity contribution in [2.24, 2.45) is 11.8 Å². The number of fused-ring (bicyclic) bond motifs is 2. The first-order chi connectivity index (χ1) is 15.7. The molecule has 7 nitrogen and oxygen atoms in total. The Balaban J connectivity index is 1.30. The van der Waals surface area contributed by atoms with E-state index >= 15 is 0 Å². The van der Waals surface area contributed by atoms with Crippen molar-refractivity contribution in [3.8, 4) is 0 Å². The zero-order valence-corrected chi connectivity index (χ0v) is 17.5. The topological polar surface area (TPSA) is 83.6 Å². The molecular formula is C22H21F4N5O2. The van der Waals surface area contributed by atoms with Gasteiger partial charge in [-0.15, -0.1) is 5.10 Å². The molecule has 1 aliphatic carbocycles. The van der Waals surface area contributed by atoms with E-state index < -0.39 is 23.5 Å². The van der Waals surface area contributed by atoms with Gasteiger partial charge in [0.15, 0.2) is 0 Å². The minimum atomic E-state index is -4.54. The van der Waals surface area contributed by atoms with Gasteiger partial charge in [0.2, 0.25) is 5.82 Å². The van der Waals surface area contributed by atoms with Crippen LogP contribution in [0.4, 0.5) is 17.6 Å². The van der Waals surface area contributed by atoms with Crippen molar-refractivity contribution in [1.29, 1.82) is 0 Å². The molecule has 5 rings (SSSR count). The molecule has 0 radical (unpaired) electrons. The van der Waals surface area contributed by atoms with Crippen molar-refractivity contribution >= 4 is 11.7 Å². The molecule has 0 spiro atoms. The number of benzene rings is 1. The van der Waals surface area contributed by atoms with Crippen LogP contribution in [-0.4, -0.2) is 55.2 Å². The fraction of sp³-hybridized carbons (Fsp3) is 0.455. The summed E-state index contributed by atoms with van der Waals surface area (Å²) in [5, 5.41) is 13.3. The maximum Gasteiger partial charge on any atom is 0.416 e. The van der Waals surface area contributed by atoms with E-state index in [1.54, 1.807) is 17.3 Å². The van der Waals surface area contributed by atoms with Gasteiger partial charge in [0.05, 0.1) is 5.56 Å². The van der Waals surface area contributed by atoms with Crippen LogP contribution >= 0.6 is 0 Å². The third-order valence-electron chi connectivity index (χ3n) is 6.64. The van der Waals surface area contributed by atoms with Crippen molar-refractivity contribution in [1.82, 2.24) is 24.5 Å². The Hall–Kier alpha value is -3.08. The van der Waals surface area contributed by atoms with Gasteiger partial charge in [0, 0.05) is 32.1 Å². The van der Waals surface area contributed by atoms with Crippen LogP contribution in [0.3, 0.4) is 0 Å². The molecule has 3 aromatic rings. The van der Waals surface area contributed by atoms with Gasteiger partial charge in [-0.2, -0.15) is 18.2 Å². The maximum absolute atomic E-state index is 13.7. The van der Waals surface area contributed by atoms with Crippen molar-refractivity contribution < 1.29 is 27.5 Å². The van der Waals surface area contributed by atoms with Crippen LogP contribution in [0.25, 0.3) is 5.78 Å². The molecule has 1 saturated heterocycles. The molecule has 1 aromatic carbocycles. The highest BCUT2D eigenvalue weighted by Gasteiger charge is 2.45. The Bertz CT molecular complexity index is 1200. The van der Waals surface area contributed by atoms with Gasteiger partial charge in [-0.1, -0.05) is 0 Å². The third-order valence-corrected chi connectivity index (χ3v) is 6.64. The number of nitrogens with zero attached hydrogens (tertiary/aromatic N) is 5. The Morgan fingerprint density at radius 2 is 1.91 bits per heavy atom. The van der Waals surface area contributed by atoms with Crippen LogP contribution in [-0.2, 0) is 12.6 Å². The molecule has 1 saturated carbocycles. The summed E-state index contributed by atoms with van der Waals surface area (Å²) in [7, 11) is 0. The molecule has 3 heterocycles. The molecule has 174 valence electrons. The number of hydrogen-bond acceptors (Lipinski definition) is 5. The number of rotatable bonds is 4. The van der Waals surface area contributed by atoms with Crippen LogP contribution in [0.2, 0.25) is 0 Å². The van der Waals surface area contributed by atoms with E-state index in [9.17, 15) is 22.4 Å². The second-order valence-corrected chi connectivity index (χ2v) is 8.74. The number of hydrogen-bond donors (Lipinski definition) is 1. The van der Waals surface area contributed by atoms with Gasteiger partial charge in [0.25, 0.3) is 11.7 Å². The summed E-state index contributed by atoms with van der Waals surface area (Å²) >= 11 is 0. The average molecular weight is 463 g/mol. The molecule has 3 atom stereocenters. The van der Waals surface area contributed by atoms with Gasteiger partial charge in [0.1, 0.15) is 5.82 Å². The highest BCUT2D eigenvalue weighted by molar-refractivity contribution is 5.91. The lowest BCUT2D eigenvalue weighted by molar-refractivity contribution is -0.138. The Morgan fingerprint density at radius 3 is 2.58 bits per heavy atom. The number of amides is 1. The first kappa shape index (κ1) is 21.7. The summed E-state index contributed by atoms with van der Waals surface area (Å²) in [4.78, 5) is 22.9. The number of carbonyl (C=O) groups is 1. The first-order valence-corrected chi connectivity index (χ1v) is 10.7. The van der Waals surface area contributed by atoms with Crippen molar-refractivity contribution in [2.75, 3.05) is 19.7 Å². The minimum absolute atomic E-state index is 0.00144. The number of halogens is 4. The standard InChI is InChI=1S/C22H21F4N5O2/c23-16-1-2-18(22(24,25)26)17(7-16)13-5-14-10-30(11-15(14)6-13)20(33)19-28-21-27-8-12(3-4-32)9-31(21)29-19/h1-2,7-9,13-15,32H,3-6,10-11H2/t13-,14-,15+. The largest absolute Gasteiger partial charge is 0.416 e. The fourth-order valence-corrected chi connectivity index (χ4v) is 5.16. The lowest BCUT2D eigenvalue weighted by atomic mass is 9.91. The van der Waals surface area contributed by atoms with Crippen LogP contribution in [0.5, 0.6) is 0 Å². The molecule has 2 aliphatic rings. The lowest BCUT2D eigenvalue weighted by Crippen LogP contribution is -2.30. The minimum Gasteiger partial charge on any atom is -0.396 e. The molecule has 33 heavy (non-hydrogen) atoms.